The van der Waals surface area contributed by atoms with Crippen molar-refractivity contribution in [2.45, 2.75) is 32.9 Å². The quantitative estimate of drug-likeness (QED) is 0.723. The van der Waals surface area contributed by atoms with Gasteiger partial charge in [0.05, 0.1) is 13.2 Å². The Balaban J connectivity index is 1.58. The first-order valence-corrected chi connectivity index (χ1v) is 9.55. The second-order valence-electron chi connectivity index (χ2n) is 8.40. The summed E-state index contributed by atoms with van der Waals surface area (Å²) in [7, 11) is 1.65. The molecule has 2 aromatic carbocycles. The summed E-state index contributed by atoms with van der Waals surface area (Å²) >= 11 is 0. The molecule has 146 valence electrons. The van der Waals surface area contributed by atoms with Crippen molar-refractivity contribution in [3.63, 3.8) is 0 Å². The van der Waals surface area contributed by atoms with E-state index in [2.05, 4.69) is 36.9 Å². The topological polar surface area (TPSA) is 68.7 Å². The first-order chi connectivity index (χ1) is 13.3. The number of carbonyl (C=O) groups is 1. The Morgan fingerprint density at radius 1 is 1.21 bits per heavy atom. The molecule has 1 atom stereocenters. The monoisotopic (exact) mass is 378 g/mol. The maximum absolute atomic E-state index is 11.9. The average molecular weight is 378 g/mol. The summed E-state index contributed by atoms with van der Waals surface area (Å²) in [6.45, 7) is 5.93. The number of benzene rings is 2. The minimum absolute atomic E-state index is 0.0982. The lowest BCUT2D eigenvalue weighted by Crippen LogP contribution is -2.39. The highest BCUT2D eigenvalue weighted by atomic mass is 16.5. The smallest absolute Gasteiger partial charge is 0.234 e. The molecule has 1 amide bonds. The minimum Gasteiger partial charge on any atom is -0.497 e. The molecule has 2 heterocycles. The van der Waals surface area contributed by atoms with Crippen molar-refractivity contribution >= 4 is 16.9 Å². The highest BCUT2D eigenvalue weighted by Crippen LogP contribution is 2.35. The number of hydrogen-bond acceptors (Lipinski definition) is 4. The summed E-state index contributed by atoms with van der Waals surface area (Å²) in [6, 6.07) is 15.9. The van der Waals surface area contributed by atoms with Crippen molar-refractivity contribution in [3.05, 3.63) is 54.1 Å². The van der Waals surface area contributed by atoms with Crippen molar-refractivity contribution < 1.29 is 13.9 Å². The Bertz CT molecular complexity index is 1000. The van der Waals surface area contributed by atoms with Gasteiger partial charge in [0.15, 0.2) is 0 Å². The number of rotatable bonds is 5. The van der Waals surface area contributed by atoms with Crippen LogP contribution in [0.5, 0.6) is 5.75 Å². The third-order valence-corrected chi connectivity index (χ3v) is 5.49. The molecule has 1 aliphatic heterocycles. The second kappa shape index (κ2) is 6.99. The molecule has 1 fully saturated rings. The lowest BCUT2D eigenvalue weighted by atomic mass is 9.90. The van der Waals surface area contributed by atoms with Gasteiger partial charge >= 0.3 is 0 Å². The average Bonchev–Trinajstić information content (AvgIpc) is 3.21. The zero-order valence-corrected chi connectivity index (χ0v) is 16.6. The van der Waals surface area contributed by atoms with E-state index in [1.54, 1.807) is 7.11 Å². The third-order valence-electron chi connectivity index (χ3n) is 5.49. The normalized spacial score (nSPS) is 19.2. The van der Waals surface area contributed by atoms with Crippen molar-refractivity contribution in [2.24, 2.45) is 11.1 Å². The number of nitrogens with two attached hydrogens (primary N) is 1. The largest absolute Gasteiger partial charge is 0.497 e. The predicted octanol–water partition coefficient (Wildman–Crippen LogP) is 4.19. The summed E-state index contributed by atoms with van der Waals surface area (Å²) in [5.74, 6) is 1.41. The number of furan rings is 1. The van der Waals surface area contributed by atoms with Gasteiger partial charge in [-0.2, -0.15) is 0 Å². The molecule has 4 rings (SSSR count). The molecule has 5 heteroatoms. The number of nitrogens with zero attached hydrogens (tertiary/aromatic N) is 1. The maximum atomic E-state index is 11.9. The van der Waals surface area contributed by atoms with Gasteiger partial charge in [-0.3, -0.25) is 9.69 Å². The Kier molecular flexibility index (Phi) is 4.63. The van der Waals surface area contributed by atoms with Gasteiger partial charge in [-0.1, -0.05) is 19.9 Å². The van der Waals surface area contributed by atoms with E-state index in [0.717, 1.165) is 46.6 Å². The van der Waals surface area contributed by atoms with Crippen molar-refractivity contribution in [3.8, 4) is 17.1 Å². The van der Waals surface area contributed by atoms with Gasteiger partial charge in [-0.15, -0.1) is 0 Å². The number of carbonyl (C=O) groups excluding carboxylic acids is 1. The summed E-state index contributed by atoms with van der Waals surface area (Å²) in [6.07, 6.45) is 0.803. The first kappa shape index (κ1) is 18.6. The molecule has 0 aliphatic carbocycles. The van der Waals surface area contributed by atoms with Gasteiger partial charge in [0.25, 0.3) is 0 Å². The number of primary amides is 1. The summed E-state index contributed by atoms with van der Waals surface area (Å²) in [5.41, 5.74) is 8.74. The maximum Gasteiger partial charge on any atom is 0.234 e. The van der Waals surface area contributed by atoms with E-state index >= 15 is 0 Å². The molecule has 0 radical (unpaired) electrons. The molecule has 5 nitrogen and oxygen atoms in total. The van der Waals surface area contributed by atoms with Crippen LogP contribution in [0.4, 0.5) is 0 Å². The van der Waals surface area contributed by atoms with E-state index in [9.17, 15) is 4.79 Å². The van der Waals surface area contributed by atoms with Crippen LogP contribution in [0.1, 0.15) is 25.8 Å². The highest BCUT2D eigenvalue weighted by molar-refractivity contribution is 5.83. The van der Waals surface area contributed by atoms with Gasteiger partial charge in [-0.05, 0) is 59.9 Å². The number of fused-ring (bicyclic) bond motifs is 1. The lowest BCUT2D eigenvalue weighted by Gasteiger charge is -2.22. The van der Waals surface area contributed by atoms with Crippen LogP contribution in [0.2, 0.25) is 0 Å². The van der Waals surface area contributed by atoms with Gasteiger partial charge in [0.2, 0.25) is 5.91 Å². The fourth-order valence-corrected chi connectivity index (χ4v) is 4.15. The highest BCUT2D eigenvalue weighted by Gasteiger charge is 2.40. The Morgan fingerprint density at radius 3 is 2.64 bits per heavy atom. The van der Waals surface area contributed by atoms with E-state index in [1.807, 2.05) is 30.3 Å². The van der Waals surface area contributed by atoms with Crippen LogP contribution in [-0.2, 0) is 11.3 Å². The van der Waals surface area contributed by atoms with E-state index in [0.29, 0.717) is 6.54 Å². The van der Waals surface area contributed by atoms with Crippen LogP contribution in [0.15, 0.2) is 52.9 Å². The SMILES string of the molecule is COc1ccc(-c2cc3cc(CN4CC(C)(C)C[C@H]4C(N)=O)ccc3o2)cc1. The van der Waals surface area contributed by atoms with E-state index in [-0.39, 0.29) is 17.4 Å². The molecule has 0 unspecified atom stereocenters. The molecule has 1 saturated heterocycles. The molecule has 0 saturated carbocycles. The zero-order valence-electron chi connectivity index (χ0n) is 16.6. The summed E-state index contributed by atoms with van der Waals surface area (Å²) < 4.78 is 11.2. The van der Waals surface area contributed by atoms with Crippen molar-refractivity contribution in [1.82, 2.24) is 4.90 Å². The zero-order chi connectivity index (χ0) is 19.9. The Hall–Kier alpha value is -2.79. The van der Waals surface area contributed by atoms with Gasteiger partial charge in [0, 0.05) is 24.0 Å². The fraction of sp³-hybridized carbons (Fsp3) is 0.348. The van der Waals surface area contributed by atoms with Crippen LogP contribution in [0, 0.1) is 5.41 Å². The Labute approximate surface area is 165 Å². The predicted molar refractivity (Wildman–Crippen MR) is 110 cm³/mol. The van der Waals surface area contributed by atoms with Crippen LogP contribution in [0.25, 0.3) is 22.3 Å². The van der Waals surface area contributed by atoms with Crippen LogP contribution < -0.4 is 10.5 Å². The number of amides is 1. The molecule has 0 spiro atoms. The lowest BCUT2D eigenvalue weighted by molar-refractivity contribution is -0.122. The molecule has 28 heavy (non-hydrogen) atoms. The van der Waals surface area contributed by atoms with Crippen molar-refractivity contribution in [2.75, 3.05) is 13.7 Å². The standard InChI is InChI=1S/C23H26N2O3/c1-23(2)12-19(22(24)26)25(14-23)13-15-4-9-20-17(10-15)11-21(28-20)16-5-7-18(27-3)8-6-16/h4-11,19H,12-14H2,1-3H3,(H2,24,26)/t19-/m0/s1. The molecule has 1 aliphatic rings. The Morgan fingerprint density at radius 2 is 1.96 bits per heavy atom. The summed E-state index contributed by atoms with van der Waals surface area (Å²) in [5, 5.41) is 1.05. The molecular formula is C23H26N2O3. The fourth-order valence-electron chi connectivity index (χ4n) is 4.15. The first-order valence-electron chi connectivity index (χ1n) is 9.55. The number of methoxy groups -OCH3 is 1. The van der Waals surface area contributed by atoms with E-state index in [4.69, 9.17) is 14.9 Å². The molecular weight excluding hydrogens is 352 g/mol. The number of hydrogen-bond donors (Lipinski definition) is 1. The molecule has 1 aromatic heterocycles. The van der Waals surface area contributed by atoms with E-state index in [1.165, 1.54) is 0 Å². The van der Waals surface area contributed by atoms with E-state index < -0.39 is 0 Å². The van der Waals surface area contributed by atoms with Crippen LogP contribution in [0.3, 0.4) is 0 Å². The van der Waals surface area contributed by atoms with Gasteiger partial charge < -0.3 is 14.9 Å². The van der Waals surface area contributed by atoms with Gasteiger partial charge in [-0.25, -0.2) is 0 Å². The molecule has 2 N–H and O–H groups in total. The minimum atomic E-state index is -0.239. The molecule has 3 aromatic rings. The number of likely N-dealkylation sites (tertiary alicyclic amines) is 1. The summed E-state index contributed by atoms with van der Waals surface area (Å²) in [4.78, 5) is 14.1. The third kappa shape index (κ3) is 3.62. The van der Waals surface area contributed by atoms with Crippen molar-refractivity contribution in [1.29, 1.82) is 0 Å². The second-order valence-corrected chi connectivity index (χ2v) is 8.40. The van der Waals surface area contributed by atoms with Crippen LogP contribution >= 0.6 is 0 Å². The van der Waals surface area contributed by atoms with Gasteiger partial charge in [0.1, 0.15) is 17.1 Å². The van der Waals surface area contributed by atoms with Crippen LogP contribution in [-0.4, -0.2) is 30.5 Å². The number of ether oxygens (including phenoxy) is 1. The molecule has 0 bridgehead atoms.